The van der Waals surface area contributed by atoms with E-state index in [9.17, 15) is 0 Å². The van der Waals surface area contributed by atoms with Crippen LogP contribution in [0.5, 0.6) is 46.0 Å². The monoisotopic (exact) mass is 854 g/mol. The van der Waals surface area contributed by atoms with Gasteiger partial charge in [0.1, 0.15) is 46.0 Å². The quantitative estimate of drug-likeness (QED) is 0.127. The Morgan fingerprint density at radius 1 is 0.391 bits per heavy atom. The minimum atomic E-state index is 0.540. The van der Waals surface area contributed by atoms with Crippen LogP contribution < -0.4 is 37.9 Å². The van der Waals surface area contributed by atoms with Crippen LogP contribution in [0.4, 0.5) is 0 Å². The normalized spacial score (nSPS) is 11.6. The second-order valence-corrected chi connectivity index (χ2v) is 14.8. The first kappa shape index (κ1) is 41.2. The molecule has 12 nitrogen and oxygen atoms in total. The van der Waals surface area contributed by atoms with Gasteiger partial charge in [-0.1, -0.05) is 0 Å². The van der Waals surface area contributed by atoms with Crippen molar-refractivity contribution in [3.63, 3.8) is 0 Å². The van der Waals surface area contributed by atoms with E-state index in [0.717, 1.165) is 61.3 Å². The molecule has 1 N–H and O–H groups in total. The first-order valence-electron chi connectivity index (χ1n) is 20.4. The number of methoxy groups -OCH3 is 8. The van der Waals surface area contributed by atoms with Gasteiger partial charge in [-0.15, -0.1) is 0 Å². The number of hydrogen-bond acceptors (Lipinski definition) is 10. The van der Waals surface area contributed by atoms with E-state index in [1.54, 1.807) is 56.9 Å². The van der Waals surface area contributed by atoms with Crippen molar-refractivity contribution in [3.05, 3.63) is 126 Å². The van der Waals surface area contributed by atoms with Gasteiger partial charge in [0.05, 0.1) is 96.4 Å². The topological polar surface area (TPSA) is 120 Å². The molecule has 9 rings (SSSR count). The van der Waals surface area contributed by atoms with E-state index in [2.05, 4.69) is 15.6 Å². The van der Waals surface area contributed by atoms with Crippen LogP contribution in [-0.4, -0.2) is 76.4 Å². The summed E-state index contributed by atoms with van der Waals surface area (Å²) in [5.74, 6) is 4.71. The predicted molar refractivity (Wildman–Crippen MR) is 253 cm³/mol. The highest BCUT2D eigenvalue weighted by molar-refractivity contribution is 6.13. The van der Waals surface area contributed by atoms with Crippen LogP contribution in [0, 0.1) is 0 Å². The average molecular weight is 855 g/mol. The highest BCUT2D eigenvalue weighted by Gasteiger charge is 2.31. The largest absolute Gasteiger partial charge is 0.497 e. The maximum absolute atomic E-state index is 6.29. The Morgan fingerprint density at radius 3 is 1.34 bits per heavy atom. The van der Waals surface area contributed by atoms with Gasteiger partial charge in [-0.05, 0) is 103 Å². The summed E-state index contributed by atoms with van der Waals surface area (Å²) in [4.78, 5) is 14.0. The van der Waals surface area contributed by atoms with E-state index < -0.39 is 0 Å². The van der Waals surface area contributed by atoms with Gasteiger partial charge in [-0.2, -0.15) is 0 Å². The Hall–Kier alpha value is -8.12. The lowest BCUT2D eigenvalue weighted by atomic mass is 9.91. The third kappa shape index (κ3) is 7.38. The van der Waals surface area contributed by atoms with Crippen molar-refractivity contribution in [3.8, 4) is 85.1 Å². The molecule has 5 heterocycles. The maximum Gasteiger partial charge on any atom is 0.146 e. The SMILES string of the molecule is COc1ccc(-c2c(-c3ccc(OC)cc3OC)c3c(-c4ccc(OC)cc4OC)c4nc(cc5ccc(cc6nc(cc2n3-c2ccc(OC)cc2OC)C=C6)[nH]5)C=C4)c(OC)c1. The highest BCUT2D eigenvalue weighted by atomic mass is 16.5. The number of aromatic nitrogens is 4. The maximum atomic E-state index is 6.29. The van der Waals surface area contributed by atoms with Crippen LogP contribution in [0.15, 0.2) is 103 Å². The molecule has 7 aromatic rings. The van der Waals surface area contributed by atoms with E-state index in [0.29, 0.717) is 68.6 Å². The third-order valence-corrected chi connectivity index (χ3v) is 11.3. The van der Waals surface area contributed by atoms with Crippen molar-refractivity contribution in [1.82, 2.24) is 19.5 Å². The minimum absolute atomic E-state index is 0.540. The van der Waals surface area contributed by atoms with Gasteiger partial charge in [0.2, 0.25) is 0 Å². The fraction of sp³-hybridized carbons (Fsp3) is 0.154. The summed E-state index contributed by atoms with van der Waals surface area (Å²) in [6, 6.07) is 33.4. The molecule has 3 aromatic heterocycles. The summed E-state index contributed by atoms with van der Waals surface area (Å²) in [6.45, 7) is 0. The fourth-order valence-corrected chi connectivity index (χ4v) is 8.33. The standard InChI is InChI=1S/C52H46N4O8/c1-57-35-14-18-39(45(26-35)61-5)49-42-21-13-33(55-42)24-32-10-9-30(53-32)23-31-11-12-34(54-31)25-44-50(40-19-15-36(58-2)27-46(40)62-6)51(41-20-16-37(59-3)28-47(41)63-7)52(49)56(44)43-22-17-38(60-4)29-48(43)64-8/h9-29,53H,1-8H3. The molecule has 0 saturated carbocycles. The number of aromatic amines is 1. The molecule has 4 aromatic carbocycles. The van der Waals surface area contributed by atoms with Crippen molar-refractivity contribution in [1.29, 1.82) is 0 Å². The summed E-state index contributed by atoms with van der Waals surface area (Å²) in [5.41, 5.74) is 11.3. The van der Waals surface area contributed by atoms with E-state index in [-0.39, 0.29) is 0 Å². The molecule has 8 bridgehead atoms. The molecule has 0 spiro atoms. The first-order valence-corrected chi connectivity index (χ1v) is 20.4. The number of ether oxygens (including phenoxy) is 8. The summed E-state index contributed by atoms with van der Waals surface area (Å²) < 4.78 is 50.2. The Bertz CT molecular complexity index is 3180. The molecule has 12 heteroatoms. The predicted octanol–water partition coefficient (Wildman–Crippen LogP) is 11.2. The average Bonchev–Trinajstić information content (AvgIpc) is 4.16. The second-order valence-electron chi connectivity index (χ2n) is 14.8. The number of benzene rings is 4. The number of hydrogen-bond donors (Lipinski definition) is 1. The zero-order chi connectivity index (χ0) is 44.5. The smallest absolute Gasteiger partial charge is 0.146 e. The minimum Gasteiger partial charge on any atom is -0.497 e. The van der Waals surface area contributed by atoms with Crippen molar-refractivity contribution >= 4 is 46.4 Å². The zero-order valence-electron chi connectivity index (χ0n) is 36.7. The van der Waals surface area contributed by atoms with Gasteiger partial charge >= 0.3 is 0 Å². The Balaban J connectivity index is 1.67. The summed E-state index contributed by atoms with van der Waals surface area (Å²) in [7, 11) is 13.1. The van der Waals surface area contributed by atoms with Crippen LogP contribution in [0.25, 0.3) is 85.4 Å². The number of H-pyrrole nitrogens is 1. The van der Waals surface area contributed by atoms with E-state index in [1.165, 1.54) is 0 Å². The summed E-state index contributed by atoms with van der Waals surface area (Å²) in [5, 5.41) is 0. The van der Waals surface area contributed by atoms with Gasteiger partial charge in [-0.25, -0.2) is 9.97 Å². The molecule has 322 valence electrons. The number of nitrogens with zero attached hydrogens (tertiary/aromatic N) is 3. The van der Waals surface area contributed by atoms with Crippen molar-refractivity contribution in [2.24, 2.45) is 0 Å². The van der Waals surface area contributed by atoms with Crippen LogP contribution >= 0.6 is 0 Å². The van der Waals surface area contributed by atoms with Crippen molar-refractivity contribution < 1.29 is 37.9 Å². The Kier molecular flexibility index (Phi) is 11.2. The van der Waals surface area contributed by atoms with Gasteiger partial charge in [-0.3, -0.25) is 0 Å². The lowest BCUT2D eigenvalue weighted by Crippen LogP contribution is -2.02. The molecule has 0 fully saturated rings. The third-order valence-electron chi connectivity index (χ3n) is 11.3. The molecule has 0 atom stereocenters. The number of fused-ring (bicyclic) bond motifs is 8. The lowest BCUT2D eigenvalue weighted by molar-refractivity contribution is 0.393. The first-order chi connectivity index (χ1) is 31.3. The van der Waals surface area contributed by atoms with E-state index >= 15 is 0 Å². The van der Waals surface area contributed by atoms with Crippen LogP contribution in [0.1, 0.15) is 22.8 Å². The van der Waals surface area contributed by atoms with Gasteiger partial charge in [0, 0.05) is 68.7 Å². The highest BCUT2D eigenvalue weighted by Crippen LogP contribution is 2.53. The fourth-order valence-electron chi connectivity index (χ4n) is 8.33. The molecule has 0 aliphatic carbocycles. The number of rotatable bonds is 12. The van der Waals surface area contributed by atoms with Crippen molar-refractivity contribution in [2.45, 2.75) is 0 Å². The summed E-state index contributed by atoms with van der Waals surface area (Å²) >= 11 is 0. The van der Waals surface area contributed by atoms with Gasteiger partial charge in [0.25, 0.3) is 0 Å². The van der Waals surface area contributed by atoms with Gasteiger partial charge < -0.3 is 47.4 Å². The second kappa shape index (κ2) is 17.3. The lowest BCUT2D eigenvalue weighted by Gasteiger charge is -2.18. The molecule has 0 saturated heterocycles. The molecular weight excluding hydrogens is 809 g/mol. The molecular formula is C52H46N4O8. The van der Waals surface area contributed by atoms with Gasteiger partial charge in [0.15, 0.2) is 0 Å². The Morgan fingerprint density at radius 2 is 0.828 bits per heavy atom. The molecule has 0 radical (unpaired) electrons. The molecule has 0 unspecified atom stereocenters. The van der Waals surface area contributed by atoms with Crippen LogP contribution in [-0.2, 0) is 0 Å². The van der Waals surface area contributed by atoms with Crippen LogP contribution in [0.3, 0.4) is 0 Å². The molecule has 0 amide bonds. The van der Waals surface area contributed by atoms with E-state index in [4.69, 9.17) is 47.9 Å². The number of nitrogens with one attached hydrogen (secondary N) is 1. The van der Waals surface area contributed by atoms with Crippen LogP contribution in [0.2, 0.25) is 0 Å². The van der Waals surface area contributed by atoms with E-state index in [1.807, 2.05) is 121 Å². The van der Waals surface area contributed by atoms with Crippen molar-refractivity contribution in [2.75, 3.05) is 56.9 Å². The summed E-state index contributed by atoms with van der Waals surface area (Å²) in [6.07, 6.45) is 8.04. The molecule has 2 aliphatic heterocycles. The molecule has 2 aliphatic rings. The zero-order valence-corrected chi connectivity index (χ0v) is 36.7. The Labute approximate surface area is 370 Å². The molecule has 64 heavy (non-hydrogen) atoms.